The van der Waals surface area contributed by atoms with E-state index in [1.165, 1.54) is 16.7 Å². The highest BCUT2D eigenvalue weighted by Gasteiger charge is 2.34. The van der Waals surface area contributed by atoms with Crippen LogP contribution in [0.15, 0.2) is 90.0 Å². The van der Waals surface area contributed by atoms with Crippen molar-refractivity contribution in [1.82, 2.24) is 0 Å². The van der Waals surface area contributed by atoms with Gasteiger partial charge in [-0.05, 0) is 37.5 Å². The van der Waals surface area contributed by atoms with E-state index < -0.39 is 0 Å². The summed E-state index contributed by atoms with van der Waals surface area (Å²) >= 11 is 6.57. The van der Waals surface area contributed by atoms with Gasteiger partial charge in [0, 0.05) is 10.4 Å². The van der Waals surface area contributed by atoms with Gasteiger partial charge in [0.05, 0.1) is 0 Å². The van der Waals surface area contributed by atoms with Gasteiger partial charge in [-0.3, -0.25) is 0 Å². The van der Waals surface area contributed by atoms with Gasteiger partial charge in [0.25, 0.3) is 0 Å². The number of halogens is 1. The van der Waals surface area contributed by atoms with Crippen LogP contribution in [0.2, 0.25) is 0 Å². The summed E-state index contributed by atoms with van der Waals surface area (Å²) in [5.74, 6) is 0. The zero-order valence-electron chi connectivity index (χ0n) is 14.0. The summed E-state index contributed by atoms with van der Waals surface area (Å²) < 4.78 is 0. The number of benzene rings is 2. The first-order valence-electron chi connectivity index (χ1n) is 7.82. The fourth-order valence-corrected chi connectivity index (χ4v) is 3.15. The summed E-state index contributed by atoms with van der Waals surface area (Å²) in [4.78, 5) is 0. The first kappa shape index (κ1) is 17.3. The minimum Gasteiger partial charge on any atom is -0.0991 e. The van der Waals surface area contributed by atoms with Gasteiger partial charge in [0.1, 0.15) is 0 Å². The molecule has 0 aliphatic heterocycles. The zero-order chi connectivity index (χ0) is 16.9. The van der Waals surface area contributed by atoms with E-state index in [0.29, 0.717) is 0 Å². The molecule has 0 aliphatic rings. The van der Waals surface area contributed by atoms with E-state index in [2.05, 4.69) is 69.0 Å². The molecule has 0 spiro atoms. The van der Waals surface area contributed by atoms with E-state index in [1.807, 2.05) is 25.1 Å². The Morgan fingerprint density at radius 3 is 2.09 bits per heavy atom. The Labute approximate surface area is 144 Å². The van der Waals surface area contributed by atoms with E-state index in [0.717, 1.165) is 10.6 Å². The molecule has 0 saturated heterocycles. The summed E-state index contributed by atoms with van der Waals surface area (Å²) in [7, 11) is 0. The molecule has 0 N–H and O–H groups in total. The third-order valence-corrected chi connectivity index (χ3v) is 4.74. The molecular weight excluding hydrogens is 300 g/mol. The van der Waals surface area contributed by atoms with E-state index in [4.69, 9.17) is 11.6 Å². The van der Waals surface area contributed by atoms with Crippen molar-refractivity contribution in [2.75, 3.05) is 0 Å². The molecule has 2 rings (SSSR count). The van der Waals surface area contributed by atoms with E-state index >= 15 is 0 Å². The Kier molecular flexibility index (Phi) is 5.63. The molecule has 23 heavy (non-hydrogen) atoms. The molecule has 2 aromatic rings. The molecule has 1 heteroatoms. The predicted octanol–water partition coefficient (Wildman–Crippen LogP) is 6.56. The van der Waals surface area contributed by atoms with Crippen molar-refractivity contribution in [3.8, 4) is 0 Å². The minimum atomic E-state index is -0.341. The average molecular weight is 323 g/mol. The SMILES string of the molecule is C=C/C=C(\C(Cl)=C/C)C(C)(c1ccccc1)c1ccc(C)cc1. The number of allylic oxidation sites excluding steroid dienone is 5. The Morgan fingerprint density at radius 1 is 1.00 bits per heavy atom. The van der Waals surface area contributed by atoms with E-state index in [1.54, 1.807) is 6.08 Å². The molecule has 0 aliphatic carbocycles. The quantitative estimate of drug-likeness (QED) is 0.547. The molecule has 0 aromatic heterocycles. The second-order valence-electron chi connectivity index (χ2n) is 5.81. The molecule has 0 bridgehead atoms. The number of hydrogen-bond donors (Lipinski definition) is 0. The number of rotatable bonds is 5. The van der Waals surface area contributed by atoms with Crippen LogP contribution in [0.25, 0.3) is 0 Å². The first-order chi connectivity index (χ1) is 11.0. The Morgan fingerprint density at radius 2 is 1.57 bits per heavy atom. The lowest BCUT2D eigenvalue weighted by Crippen LogP contribution is -2.27. The van der Waals surface area contributed by atoms with Gasteiger partial charge >= 0.3 is 0 Å². The van der Waals surface area contributed by atoms with Crippen LogP contribution in [0, 0.1) is 6.92 Å². The number of hydrogen-bond acceptors (Lipinski definition) is 0. The third-order valence-electron chi connectivity index (χ3n) is 4.31. The van der Waals surface area contributed by atoms with Gasteiger partial charge in [-0.2, -0.15) is 0 Å². The minimum absolute atomic E-state index is 0.341. The summed E-state index contributed by atoms with van der Waals surface area (Å²) in [6, 6.07) is 19.1. The lowest BCUT2D eigenvalue weighted by molar-refractivity contribution is 0.687. The maximum Gasteiger partial charge on any atom is 0.0437 e. The van der Waals surface area contributed by atoms with Crippen molar-refractivity contribution in [3.63, 3.8) is 0 Å². The summed E-state index contributed by atoms with van der Waals surface area (Å²) in [6.45, 7) is 10.1. The number of aryl methyl sites for hydroxylation is 1. The highest BCUT2D eigenvalue weighted by atomic mass is 35.5. The fraction of sp³-hybridized carbons (Fsp3) is 0.182. The molecule has 118 valence electrons. The van der Waals surface area contributed by atoms with Crippen LogP contribution >= 0.6 is 11.6 Å². The van der Waals surface area contributed by atoms with Crippen molar-refractivity contribution < 1.29 is 0 Å². The second kappa shape index (κ2) is 7.48. The summed E-state index contributed by atoms with van der Waals surface area (Å²) in [6.07, 6.45) is 5.75. The van der Waals surface area contributed by atoms with Crippen LogP contribution < -0.4 is 0 Å². The summed E-state index contributed by atoms with van der Waals surface area (Å²) in [5, 5.41) is 0.747. The van der Waals surface area contributed by atoms with E-state index in [-0.39, 0.29) is 5.41 Å². The first-order valence-corrected chi connectivity index (χ1v) is 8.20. The molecule has 0 fully saturated rings. The lowest BCUT2D eigenvalue weighted by atomic mass is 9.70. The van der Waals surface area contributed by atoms with Crippen LogP contribution in [0.3, 0.4) is 0 Å². The highest BCUT2D eigenvalue weighted by molar-refractivity contribution is 6.32. The molecular formula is C22H23Cl. The van der Waals surface area contributed by atoms with Crippen molar-refractivity contribution in [3.05, 3.63) is 107 Å². The fourth-order valence-electron chi connectivity index (χ4n) is 2.89. The van der Waals surface area contributed by atoms with Gasteiger partial charge in [0.15, 0.2) is 0 Å². The van der Waals surface area contributed by atoms with Gasteiger partial charge in [-0.15, -0.1) is 0 Å². The van der Waals surface area contributed by atoms with Crippen molar-refractivity contribution in [2.24, 2.45) is 0 Å². The molecule has 2 aromatic carbocycles. The maximum atomic E-state index is 6.57. The lowest BCUT2D eigenvalue weighted by Gasteiger charge is -2.34. The molecule has 0 nitrogen and oxygen atoms in total. The van der Waals surface area contributed by atoms with Gasteiger partial charge in [-0.25, -0.2) is 0 Å². The topological polar surface area (TPSA) is 0 Å². The third kappa shape index (κ3) is 3.48. The molecule has 1 unspecified atom stereocenters. The smallest absolute Gasteiger partial charge is 0.0437 e. The standard InChI is InChI=1S/C22H23Cl/c1-5-10-20(21(23)6-2)22(4,18-11-8-7-9-12-18)19-15-13-17(3)14-16-19/h5-16H,1H2,2-4H3/b20-10+,21-6+. The molecule has 0 saturated carbocycles. The second-order valence-corrected chi connectivity index (χ2v) is 6.22. The zero-order valence-corrected chi connectivity index (χ0v) is 14.8. The van der Waals surface area contributed by atoms with Gasteiger partial charge in [0.2, 0.25) is 0 Å². The maximum absolute atomic E-state index is 6.57. The Balaban J connectivity index is 2.76. The molecule has 0 amide bonds. The van der Waals surface area contributed by atoms with Crippen LogP contribution in [0.1, 0.15) is 30.5 Å². The highest BCUT2D eigenvalue weighted by Crippen LogP contribution is 2.43. The Hall–Kier alpha value is -2.05. The van der Waals surface area contributed by atoms with Crippen LogP contribution in [0.5, 0.6) is 0 Å². The average Bonchev–Trinajstić information content (AvgIpc) is 2.59. The van der Waals surface area contributed by atoms with Gasteiger partial charge in [-0.1, -0.05) is 96.6 Å². The molecule has 1 atom stereocenters. The van der Waals surface area contributed by atoms with Gasteiger partial charge < -0.3 is 0 Å². The predicted molar refractivity (Wildman–Crippen MR) is 102 cm³/mol. The van der Waals surface area contributed by atoms with Crippen LogP contribution in [0.4, 0.5) is 0 Å². The van der Waals surface area contributed by atoms with Crippen molar-refractivity contribution >= 4 is 11.6 Å². The van der Waals surface area contributed by atoms with Crippen LogP contribution in [-0.2, 0) is 5.41 Å². The monoisotopic (exact) mass is 322 g/mol. The van der Waals surface area contributed by atoms with Crippen LogP contribution in [-0.4, -0.2) is 0 Å². The van der Waals surface area contributed by atoms with Crippen molar-refractivity contribution in [2.45, 2.75) is 26.2 Å². The molecule has 0 radical (unpaired) electrons. The summed E-state index contributed by atoms with van der Waals surface area (Å²) in [5.41, 5.74) is 4.37. The largest absolute Gasteiger partial charge is 0.0991 e. The van der Waals surface area contributed by atoms with E-state index in [9.17, 15) is 0 Å². The normalized spacial score (nSPS) is 15.1. The Bertz CT molecular complexity index is 720. The molecule has 0 heterocycles. The van der Waals surface area contributed by atoms with Crippen molar-refractivity contribution in [1.29, 1.82) is 0 Å².